The number of fused-ring (bicyclic) bond motifs is 5. The van der Waals surface area contributed by atoms with Crippen molar-refractivity contribution in [2.45, 2.75) is 103 Å². The van der Waals surface area contributed by atoms with Crippen molar-refractivity contribution in [1.29, 1.82) is 0 Å². The Morgan fingerprint density at radius 2 is 1.79 bits per heavy atom. The maximum Gasteiger partial charge on any atom is 0.305 e. The molecular formula is C29H40O5. The first kappa shape index (κ1) is 24.9. The van der Waals surface area contributed by atoms with Gasteiger partial charge in [-0.3, -0.25) is 14.4 Å². The molecule has 5 nitrogen and oxygen atoms in total. The van der Waals surface area contributed by atoms with Crippen molar-refractivity contribution >= 4 is 17.7 Å². The Morgan fingerprint density at radius 1 is 1.12 bits per heavy atom. The molecule has 1 fully saturated rings. The van der Waals surface area contributed by atoms with Crippen LogP contribution in [0.3, 0.4) is 0 Å². The lowest BCUT2D eigenvalue weighted by molar-refractivity contribution is -0.150. The van der Waals surface area contributed by atoms with Crippen molar-refractivity contribution in [2.75, 3.05) is 7.11 Å². The zero-order valence-corrected chi connectivity index (χ0v) is 21.9. The van der Waals surface area contributed by atoms with E-state index in [1.165, 1.54) is 25.2 Å². The number of esters is 2. The van der Waals surface area contributed by atoms with Gasteiger partial charge in [0.05, 0.1) is 7.11 Å². The molecule has 0 heterocycles. The molecule has 0 aliphatic heterocycles. The molecule has 1 saturated carbocycles. The van der Waals surface area contributed by atoms with Gasteiger partial charge in [-0.1, -0.05) is 46.8 Å². The summed E-state index contributed by atoms with van der Waals surface area (Å²) in [6.07, 6.45) is 5.21. The first-order valence-corrected chi connectivity index (χ1v) is 12.8. The Morgan fingerprint density at radius 3 is 2.44 bits per heavy atom. The number of Topliss-reactive ketones (excluding diaryl/α,β-unsaturated/α-hetero) is 1. The zero-order valence-electron chi connectivity index (χ0n) is 21.9. The molecule has 5 atom stereocenters. The standard InChI is InChI=1S/C29H40O5/c1-17(8-13-25(32)33-7)20-14-15-28(5)22-11-10-21-19(26(22)23(31)16-29(20,28)6)9-12-24(27(21,3)4)34-18(2)30/h10-11,17,20,24H,8-9,12-16H2,1-7H3/t17-,20?,24+,28?,29-/m1/s1. The predicted octanol–water partition coefficient (Wildman–Crippen LogP) is 5.69. The van der Waals surface area contributed by atoms with E-state index in [1.807, 2.05) is 0 Å². The fourth-order valence-corrected chi connectivity index (χ4v) is 7.71. The van der Waals surface area contributed by atoms with Gasteiger partial charge in [-0.25, -0.2) is 0 Å². The highest BCUT2D eigenvalue weighted by Crippen LogP contribution is 2.65. The second-order valence-electron chi connectivity index (χ2n) is 12.0. The second kappa shape index (κ2) is 8.49. The van der Waals surface area contributed by atoms with Crippen LogP contribution in [0, 0.1) is 17.3 Å². The molecule has 3 aliphatic rings. The fourth-order valence-electron chi connectivity index (χ4n) is 7.71. The molecular weight excluding hydrogens is 428 g/mol. The van der Waals surface area contributed by atoms with Crippen molar-refractivity contribution in [2.24, 2.45) is 17.3 Å². The summed E-state index contributed by atoms with van der Waals surface area (Å²) < 4.78 is 10.5. The van der Waals surface area contributed by atoms with Crippen LogP contribution in [0.1, 0.15) is 107 Å². The van der Waals surface area contributed by atoms with Crippen LogP contribution < -0.4 is 0 Å². The number of ether oxygens (including phenoxy) is 2. The van der Waals surface area contributed by atoms with Gasteiger partial charge in [-0.2, -0.15) is 0 Å². The number of ketones is 1. The SMILES string of the molecule is COC(=O)CC[C@@H](C)C1CCC2(C)c3ccc4c(c3C(=O)C[C@]12C)CC[C@H](OC(C)=O)C4(C)C. The smallest absolute Gasteiger partial charge is 0.305 e. The molecule has 0 bridgehead atoms. The van der Waals surface area contributed by atoms with Crippen LogP contribution in [0.5, 0.6) is 0 Å². The highest BCUT2D eigenvalue weighted by atomic mass is 16.5. The van der Waals surface area contributed by atoms with Gasteiger partial charge in [0.2, 0.25) is 0 Å². The third-order valence-corrected chi connectivity index (χ3v) is 9.93. The molecule has 0 radical (unpaired) electrons. The molecule has 2 unspecified atom stereocenters. The number of hydrogen-bond acceptors (Lipinski definition) is 5. The monoisotopic (exact) mass is 468 g/mol. The van der Waals surface area contributed by atoms with E-state index in [4.69, 9.17) is 9.47 Å². The van der Waals surface area contributed by atoms with Crippen LogP contribution in [0.4, 0.5) is 0 Å². The highest BCUT2D eigenvalue weighted by molar-refractivity contribution is 6.02. The Hall–Kier alpha value is -2.17. The number of rotatable bonds is 5. The van der Waals surface area contributed by atoms with Gasteiger partial charge in [-0.05, 0) is 71.5 Å². The third kappa shape index (κ3) is 3.61. The van der Waals surface area contributed by atoms with E-state index in [9.17, 15) is 14.4 Å². The van der Waals surface area contributed by atoms with E-state index >= 15 is 0 Å². The normalized spacial score (nSPS) is 32.3. The minimum absolute atomic E-state index is 0.0770. The van der Waals surface area contributed by atoms with E-state index in [0.717, 1.165) is 43.2 Å². The number of carbonyl (C=O) groups excluding carboxylic acids is 3. The first-order valence-electron chi connectivity index (χ1n) is 12.8. The number of carbonyl (C=O) groups is 3. The molecule has 0 amide bonds. The van der Waals surface area contributed by atoms with Crippen LogP contribution in [-0.4, -0.2) is 30.9 Å². The van der Waals surface area contributed by atoms with Crippen LogP contribution in [-0.2, 0) is 36.3 Å². The molecule has 5 heteroatoms. The van der Waals surface area contributed by atoms with Crippen molar-refractivity contribution in [3.05, 3.63) is 34.4 Å². The number of hydrogen-bond donors (Lipinski definition) is 0. The van der Waals surface area contributed by atoms with Gasteiger partial charge >= 0.3 is 11.9 Å². The fraction of sp³-hybridized carbons (Fsp3) is 0.690. The summed E-state index contributed by atoms with van der Waals surface area (Å²) in [6, 6.07) is 4.39. The second-order valence-corrected chi connectivity index (χ2v) is 12.0. The third-order valence-electron chi connectivity index (χ3n) is 9.93. The zero-order chi connectivity index (χ0) is 25.1. The van der Waals surface area contributed by atoms with E-state index in [1.54, 1.807) is 0 Å². The lowest BCUT2D eigenvalue weighted by atomic mass is 9.52. The van der Waals surface area contributed by atoms with Gasteiger partial charge < -0.3 is 9.47 Å². The summed E-state index contributed by atoms with van der Waals surface area (Å²) >= 11 is 0. The Kier molecular flexibility index (Phi) is 6.23. The Bertz CT molecular complexity index is 1020. The Labute approximate surface area is 204 Å². The summed E-state index contributed by atoms with van der Waals surface area (Å²) in [5.41, 5.74) is 3.91. The van der Waals surface area contributed by atoms with Crippen LogP contribution in [0.25, 0.3) is 0 Å². The van der Waals surface area contributed by atoms with Crippen molar-refractivity contribution in [1.82, 2.24) is 0 Å². The highest BCUT2D eigenvalue weighted by Gasteiger charge is 2.60. The van der Waals surface area contributed by atoms with Gasteiger partial charge in [0.1, 0.15) is 6.10 Å². The maximum absolute atomic E-state index is 13.8. The summed E-state index contributed by atoms with van der Waals surface area (Å²) in [5.74, 6) is 0.573. The molecule has 186 valence electrons. The minimum atomic E-state index is -0.336. The molecule has 1 aromatic carbocycles. The van der Waals surface area contributed by atoms with Gasteiger partial charge in [0.25, 0.3) is 0 Å². The lowest BCUT2D eigenvalue weighted by Gasteiger charge is -2.51. The summed E-state index contributed by atoms with van der Waals surface area (Å²) in [5, 5.41) is 0. The van der Waals surface area contributed by atoms with Crippen LogP contribution in [0.15, 0.2) is 12.1 Å². The summed E-state index contributed by atoms with van der Waals surface area (Å²) in [4.78, 5) is 37.3. The molecule has 0 N–H and O–H groups in total. The molecule has 4 rings (SSSR count). The summed E-state index contributed by atoms with van der Waals surface area (Å²) in [7, 11) is 1.44. The quantitative estimate of drug-likeness (QED) is 0.519. The molecule has 0 spiro atoms. The minimum Gasteiger partial charge on any atom is -0.469 e. The molecule has 0 saturated heterocycles. The lowest BCUT2D eigenvalue weighted by Crippen LogP contribution is -2.49. The van der Waals surface area contributed by atoms with E-state index in [2.05, 4.69) is 46.8 Å². The van der Waals surface area contributed by atoms with Gasteiger partial charge in [-0.15, -0.1) is 0 Å². The predicted molar refractivity (Wildman–Crippen MR) is 131 cm³/mol. The van der Waals surface area contributed by atoms with Crippen LogP contribution in [0.2, 0.25) is 0 Å². The number of methoxy groups -OCH3 is 1. The molecule has 3 aliphatic carbocycles. The molecule has 34 heavy (non-hydrogen) atoms. The van der Waals surface area contributed by atoms with E-state index < -0.39 is 0 Å². The average molecular weight is 469 g/mol. The molecule has 1 aromatic rings. The van der Waals surface area contributed by atoms with Crippen molar-refractivity contribution in [3.63, 3.8) is 0 Å². The topological polar surface area (TPSA) is 69.7 Å². The van der Waals surface area contributed by atoms with Gasteiger partial charge in [0.15, 0.2) is 5.78 Å². The van der Waals surface area contributed by atoms with E-state index in [0.29, 0.717) is 24.7 Å². The molecule has 0 aromatic heterocycles. The maximum atomic E-state index is 13.8. The van der Waals surface area contributed by atoms with E-state index in [-0.39, 0.29) is 40.1 Å². The van der Waals surface area contributed by atoms with Crippen molar-refractivity contribution in [3.8, 4) is 0 Å². The van der Waals surface area contributed by atoms with Gasteiger partial charge in [0, 0.05) is 30.7 Å². The van der Waals surface area contributed by atoms with Crippen molar-refractivity contribution < 1.29 is 23.9 Å². The summed E-state index contributed by atoms with van der Waals surface area (Å²) in [6.45, 7) is 12.6. The first-order chi connectivity index (χ1) is 15.9. The number of benzene rings is 1. The Balaban J connectivity index is 1.72. The largest absolute Gasteiger partial charge is 0.469 e. The average Bonchev–Trinajstić information content (AvgIpc) is 3.04. The van der Waals surface area contributed by atoms with Crippen LogP contribution >= 0.6 is 0 Å².